The molecule has 0 saturated heterocycles. The monoisotopic (exact) mass is 472 g/mol. The minimum absolute atomic E-state index is 0.0582. The zero-order valence-corrected chi connectivity index (χ0v) is 18.1. The number of hydrogen-bond donors (Lipinski definition) is 0. The lowest BCUT2D eigenvalue weighted by Gasteiger charge is -2.18. The largest absolute Gasteiger partial charge is 0.337 e. The number of carbonyl (C=O) groups excluding carboxylic acids is 1. The lowest BCUT2D eigenvalue weighted by atomic mass is 10.3. The minimum Gasteiger partial charge on any atom is -0.337 e. The SMILES string of the molecule is O=C(/C=C/c1cccs1)N(CCCn1ccnc1)c1nc2ccc(Br)cc2s1. The quantitative estimate of drug-likeness (QED) is 0.335. The van der Waals surface area contributed by atoms with E-state index in [1.54, 1.807) is 34.8 Å². The average molecular weight is 473 g/mol. The van der Waals surface area contributed by atoms with E-state index in [9.17, 15) is 4.79 Å². The molecule has 0 bridgehead atoms. The maximum absolute atomic E-state index is 13.0. The molecule has 0 aliphatic carbocycles. The maximum atomic E-state index is 13.0. The number of anilines is 1. The molecule has 0 fully saturated rings. The van der Waals surface area contributed by atoms with E-state index in [1.807, 2.05) is 52.6 Å². The van der Waals surface area contributed by atoms with Crippen molar-refractivity contribution in [1.82, 2.24) is 14.5 Å². The van der Waals surface area contributed by atoms with Crippen molar-refractivity contribution in [2.24, 2.45) is 0 Å². The van der Waals surface area contributed by atoms with Gasteiger partial charge in [0.15, 0.2) is 5.13 Å². The molecule has 8 heteroatoms. The Kier molecular flexibility index (Phi) is 5.99. The molecular weight excluding hydrogens is 456 g/mol. The molecule has 0 aliphatic heterocycles. The highest BCUT2D eigenvalue weighted by molar-refractivity contribution is 9.10. The summed E-state index contributed by atoms with van der Waals surface area (Å²) in [4.78, 5) is 24.5. The fourth-order valence-electron chi connectivity index (χ4n) is 2.76. The number of rotatable bonds is 7. The number of thiazole rings is 1. The van der Waals surface area contributed by atoms with E-state index in [2.05, 4.69) is 25.9 Å². The van der Waals surface area contributed by atoms with Gasteiger partial charge in [-0.2, -0.15) is 0 Å². The minimum atomic E-state index is -0.0582. The first kappa shape index (κ1) is 19.0. The molecule has 1 aromatic carbocycles. The van der Waals surface area contributed by atoms with Gasteiger partial charge in [-0.25, -0.2) is 9.97 Å². The summed E-state index contributed by atoms with van der Waals surface area (Å²) in [5.41, 5.74) is 0.901. The maximum Gasteiger partial charge on any atom is 0.252 e. The zero-order valence-electron chi connectivity index (χ0n) is 14.9. The molecule has 5 nitrogen and oxygen atoms in total. The van der Waals surface area contributed by atoms with Gasteiger partial charge >= 0.3 is 0 Å². The highest BCUT2D eigenvalue weighted by Gasteiger charge is 2.18. The Labute approximate surface area is 179 Å². The fourth-order valence-corrected chi connectivity index (χ4v) is 4.93. The molecule has 1 amide bonds. The molecule has 4 rings (SSSR count). The van der Waals surface area contributed by atoms with Gasteiger partial charge < -0.3 is 4.57 Å². The van der Waals surface area contributed by atoms with Gasteiger partial charge in [0.25, 0.3) is 5.91 Å². The number of aryl methyl sites for hydroxylation is 1. The molecule has 4 aromatic rings. The average Bonchev–Trinajstić information content (AvgIpc) is 3.44. The molecule has 0 radical (unpaired) electrons. The van der Waals surface area contributed by atoms with E-state index in [4.69, 9.17) is 0 Å². The summed E-state index contributed by atoms with van der Waals surface area (Å²) >= 11 is 6.64. The predicted octanol–water partition coefficient (Wildman–Crippen LogP) is 5.45. The van der Waals surface area contributed by atoms with Crippen molar-refractivity contribution in [3.05, 3.63) is 69.9 Å². The first-order valence-corrected chi connectivity index (χ1v) is 11.2. The molecule has 3 aromatic heterocycles. The van der Waals surface area contributed by atoms with Crippen molar-refractivity contribution in [3.8, 4) is 0 Å². The summed E-state index contributed by atoms with van der Waals surface area (Å²) in [5.74, 6) is -0.0582. The van der Waals surface area contributed by atoms with Crippen molar-refractivity contribution >= 4 is 65.9 Å². The number of hydrogen-bond acceptors (Lipinski definition) is 5. The van der Waals surface area contributed by atoms with Crippen molar-refractivity contribution in [2.45, 2.75) is 13.0 Å². The number of halogens is 1. The van der Waals surface area contributed by atoms with E-state index in [0.29, 0.717) is 6.54 Å². The molecular formula is C20H17BrN4OS2. The fraction of sp³-hybridized carbons (Fsp3) is 0.150. The van der Waals surface area contributed by atoms with Crippen LogP contribution in [-0.2, 0) is 11.3 Å². The third kappa shape index (κ3) is 4.57. The summed E-state index contributed by atoms with van der Waals surface area (Å²) in [6, 6.07) is 9.94. The van der Waals surface area contributed by atoms with Crippen molar-refractivity contribution < 1.29 is 4.79 Å². The van der Waals surface area contributed by atoms with Gasteiger partial charge in [0.2, 0.25) is 0 Å². The Morgan fingerprint density at radius 2 is 2.25 bits per heavy atom. The number of aromatic nitrogens is 3. The van der Waals surface area contributed by atoms with Crippen LogP contribution in [0.2, 0.25) is 0 Å². The Hall–Kier alpha value is -2.29. The van der Waals surface area contributed by atoms with Gasteiger partial charge in [-0.15, -0.1) is 11.3 Å². The Morgan fingerprint density at radius 1 is 1.32 bits per heavy atom. The van der Waals surface area contributed by atoms with Crippen LogP contribution in [-0.4, -0.2) is 27.0 Å². The lowest BCUT2D eigenvalue weighted by Crippen LogP contribution is -2.30. The second kappa shape index (κ2) is 8.81. The summed E-state index contributed by atoms with van der Waals surface area (Å²) in [7, 11) is 0. The van der Waals surface area contributed by atoms with E-state index in [1.165, 1.54) is 11.3 Å². The van der Waals surface area contributed by atoms with Crippen molar-refractivity contribution in [1.29, 1.82) is 0 Å². The number of carbonyl (C=O) groups is 1. The topological polar surface area (TPSA) is 51.0 Å². The standard InChI is InChI=1S/C20H17BrN4OS2/c21-15-4-6-17-18(13-15)28-20(23-17)25(10-2-9-24-11-8-22-14-24)19(26)7-5-16-3-1-12-27-16/h1,3-8,11-14H,2,9-10H2/b7-5+. The highest BCUT2D eigenvalue weighted by atomic mass is 79.9. The van der Waals surface area contributed by atoms with Crippen LogP contribution in [0.5, 0.6) is 0 Å². The molecule has 0 unspecified atom stereocenters. The van der Waals surface area contributed by atoms with Gasteiger partial charge in [-0.05, 0) is 42.1 Å². The van der Waals surface area contributed by atoms with Gasteiger partial charge in [-0.1, -0.05) is 33.3 Å². The van der Waals surface area contributed by atoms with Crippen LogP contribution in [0, 0.1) is 0 Å². The molecule has 28 heavy (non-hydrogen) atoms. The molecule has 0 aliphatic rings. The molecule has 142 valence electrons. The van der Waals surface area contributed by atoms with E-state index < -0.39 is 0 Å². The zero-order chi connectivity index (χ0) is 19.3. The van der Waals surface area contributed by atoms with E-state index in [0.717, 1.165) is 37.7 Å². The van der Waals surface area contributed by atoms with Crippen LogP contribution in [0.15, 0.2) is 65.0 Å². The summed E-state index contributed by atoms with van der Waals surface area (Å²) in [6.07, 6.45) is 9.79. The van der Waals surface area contributed by atoms with Crippen LogP contribution in [0.3, 0.4) is 0 Å². The number of amides is 1. The van der Waals surface area contributed by atoms with Gasteiger partial charge in [0.1, 0.15) is 0 Å². The number of thiophene rings is 1. The molecule has 0 atom stereocenters. The lowest BCUT2D eigenvalue weighted by molar-refractivity contribution is -0.114. The molecule has 3 heterocycles. The first-order chi connectivity index (χ1) is 13.7. The first-order valence-electron chi connectivity index (χ1n) is 8.74. The normalized spacial score (nSPS) is 11.5. The van der Waals surface area contributed by atoms with Gasteiger partial charge in [-0.3, -0.25) is 9.69 Å². The Morgan fingerprint density at radius 3 is 3.04 bits per heavy atom. The van der Waals surface area contributed by atoms with Crippen LogP contribution < -0.4 is 4.90 Å². The smallest absolute Gasteiger partial charge is 0.252 e. The third-order valence-electron chi connectivity index (χ3n) is 4.13. The molecule has 0 spiro atoms. The van der Waals surface area contributed by atoms with E-state index in [-0.39, 0.29) is 5.91 Å². The van der Waals surface area contributed by atoms with Crippen molar-refractivity contribution in [3.63, 3.8) is 0 Å². The summed E-state index contributed by atoms with van der Waals surface area (Å²) < 4.78 is 4.07. The van der Waals surface area contributed by atoms with Crippen LogP contribution in [0.25, 0.3) is 16.3 Å². The predicted molar refractivity (Wildman–Crippen MR) is 120 cm³/mol. The van der Waals surface area contributed by atoms with Crippen LogP contribution in [0.1, 0.15) is 11.3 Å². The van der Waals surface area contributed by atoms with E-state index >= 15 is 0 Å². The number of benzene rings is 1. The van der Waals surface area contributed by atoms with Crippen LogP contribution >= 0.6 is 38.6 Å². The van der Waals surface area contributed by atoms with Gasteiger partial charge in [0, 0.05) is 40.9 Å². The molecule has 0 N–H and O–H groups in total. The summed E-state index contributed by atoms with van der Waals surface area (Å²) in [6.45, 7) is 1.39. The second-order valence-corrected chi connectivity index (χ2v) is 9.01. The number of nitrogens with zero attached hydrogens (tertiary/aromatic N) is 4. The third-order valence-corrected chi connectivity index (χ3v) is 6.50. The Balaban J connectivity index is 1.56. The van der Waals surface area contributed by atoms with Crippen LogP contribution in [0.4, 0.5) is 5.13 Å². The summed E-state index contributed by atoms with van der Waals surface area (Å²) in [5, 5.41) is 2.72. The highest BCUT2D eigenvalue weighted by Crippen LogP contribution is 2.31. The van der Waals surface area contributed by atoms with Crippen molar-refractivity contribution in [2.75, 3.05) is 11.4 Å². The number of imidazole rings is 1. The Bertz CT molecular complexity index is 1090. The van der Waals surface area contributed by atoms with Gasteiger partial charge in [0.05, 0.1) is 16.5 Å². The number of fused-ring (bicyclic) bond motifs is 1. The molecule has 0 saturated carbocycles. The second-order valence-electron chi connectivity index (χ2n) is 6.10.